The molecule has 1 atom stereocenters. The molecule has 90 valence electrons. The number of benzene rings is 1. The zero-order chi connectivity index (χ0) is 12.1. The molecule has 1 aliphatic heterocycles. The number of carbonyl (C=O) groups excluding carboxylic acids is 1. The fourth-order valence-electron chi connectivity index (χ4n) is 1.71. The van der Waals surface area contributed by atoms with Crippen LogP contribution >= 0.6 is 0 Å². The molecule has 2 rings (SSSR count). The van der Waals surface area contributed by atoms with Gasteiger partial charge < -0.3 is 9.47 Å². The maximum atomic E-state index is 11.2. The molecule has 1 aromatic carbocycles. The Morgan fingerprint density at radius 2 is 2.12 bits per heavy atom. The predicted octanol–water partition coefficient (Wildman–Crippen LogP) is 2.09. The van der Waals surface area contributed by atoms with Gasteiger partial charge in [0.05, 0.1) is 12.7 Å². The first kappa shape index (κ1) is 11.6. The molecule has 0 saturated heterocycles. The number of rotatable bonds is 3. The van der Waals surface area contributed by atoms with Gasteiger partial charge in [-0.2, -0.15) is 0 Å². The lowest BCUT2D eigenvalue weighted by Crippen LogP contribution is -2.21. The van der Waals surface area contributed by atoms with E-state index in [0.29, 0.717) is 5.56 Å². The second-order valence-electron chi connectivity index (χ2n) is 3.87. The average Bonchev–Trinajstić information content (AvgIpc) is 2.40. The van der Waals surface area contributed by atoms with E-state index in [1.165, 1.54) is 7.11 Å². The normalized spacial score (nSPS) is 18.8. The summed E-state index contributed by atoms with van der Waals surface area (Å²) in [5.41, 5.74) is 0.532. The summed E-state index contributed by atoms with van der Waals surface area (Å²) < 4.78 is 10.4. The molecule has 0 spiro atoms. The van der Waals surface area contributed by atoms with Gasteiger partial charge in [0.15, 0.2) is 0 Å². The van der Waals surface area contributed by atoms with E-state index < -0.39 is 0 Å². The Balaban J connectivity index is 1.98. The van der Waals surface area contributed by atoms with Crippen LogP contribution in [0.5, 0.6) is 5.75 Å². The van der Waals surface area contributed by atoms with E-state index in [2.05, 4.69) is 9.73 Å². The van der Waals surface area contributed by atoms with Gasteiger partial charge in [-0.3, -0.25) is 4.99 Å². The fourth-order valence-corrected chi connectivity index (χ4v) is 1.71. The summed E-state index contributed by atoms with van der Waals surface area (Å²) in [5, 5.41) is 0. The molecular formula is C13H15NO3. The Hall–Kier alpha value is -1.84. The molecule has 0 saturated carbocycles. The Kier molecular flexibility index (Phi) is 3.75. The molecule has 0 N–H and O–H groups in total. The van der Waals surface area contributed by atoms with Crippen molar-refractivity contribution in [3.05, 3.63) is 29.8 Å². The predicted molar refractivity (Wildman–Crippen MR) is 64.8 cm³/mol. The van der Waals surface area contributed by atoms with Gasteiger partial charge in [0, 0.05) is 25.6 Å². The number of aliphatic imine (C=N–C) groups is 1. The number of methoxy groups -OCH3 is 1. The molecular weight excluding hydrogens is 218 g/mol. The topological polar surface area (TPSA) is 47.9 Å². The van der Waals surface area contributed by atoms with Gasteiger partial charge in [0.2, 0.25) is 0 Å². The lowest BCUT2D eigenvalue weighted by atomic mass is 10.1. The van der Waals surface area contributed by atoms with Crippen molar-refractivity contribution in [2.24, 2.45) is 4.99 Å². The van der Waals surface area contributed by atoms with Crippen LogP contribution < -0.4 is 4.74 Å². The Morgan fingerprint density at radius 3 is 2.71 bits per heavy atom. The highest BCUT2D eigenvalue weighted by Gasteiger charge is 2.12. The fraction of sp³-hybridized carbons (Fsp3) is 0.385. The van der Waals surface area contributed by atoms with Crippen LogP contribution in [0, 0.1) is 0 Å². The molecule has 0 fully saturated rings. The summed E-state index contributed by atoms with van der Waals surface area (Å²) in [5.74, 6) is 0.444. The van der Waals surface area contributed by atoms with Crippen LogP contribution in [0.4, 0.5) is 0 Å². The summed E-state index contributed by atoms with van der Waals surface area (Å²) in [4.78, 5) is 15.4. The number of hydrogen-bond donors (Lipinski definition) is 0. The maximum absolute atomic E-state index is 11.2. The molecule has 1 heterocycles. The monoisotopic (exact) mass is 233 g/mol. The highest BCUT2D eigenvalue weighted by molar-refractivity contribution is 5.89. The largest absolute Gasteiger partial charge is 0.490 e. The van der Waals surface area contributed by atoms with Gasteiger partial charge in [0.25, 0.3) is 0 Å². The molecule has 0 aromatic heterocycles. The van der Waals surface area contributed by atoms with Gasteiger partial charge >= 0.3 is 5.97 Å². The Labute approximate surface area is 100 Å². The van der Waals surface area contributed by atoms with E-state index in [1.54, 1.807) is 24.3 Å². The highest BCUT2D eigenvalue weighted by atomic mass is 16.5. The molecule has 4 heteroatoms. The van der Waals surface area contributed by atoms with Gasteiger partial charge in [-0.1, -0.05) is 0 Å². The summed E-state index contributed by atoms with van der Waals surface area (Å²) in [6.45, 7) is 0.824. The first-order valence-electron chi connectivity index (χ1n) is 5.63. The van der Waals surface area contributed by atoms with Crippen LogP contribution in [0.25, 0.3) is 0 Å². The second-order valence-corrected chi connectivity index (χ2v) is 3.87. The minimum Gasteiger partial charge on any atom is -0.490 e. The maximum Gasteiger partial charge on any atom is 0.337 e. The third-order valence-corrected chi connectivity index (χ3v) is 2.66. The molecule has 0 radical (unpaired) electrons. The van der Waals surface area contributed by atoms with E-state index >= 15 is 0 Å². The van der Waals surface area contributed by atoms with Crippen molar-refractivity contribution in [3.63, 3.8) is 0 Å². The summed E-state index contributed by atoms with van der Waals surface area (Å²) in [6.07, 6.45) is 3.88. The van der Waals surface area contributed by atoms with Crippen molar-refractivity contribution in [2.45, 2.75) is 18.9 Å². The average molecular weight is 233 g/mol. The van der Waals surface area contributed by atoms with Crippen molar-refractivity contribution in [3.8, 4) is 5.75 Å². The summed E-state index contributed by atoms with van der Waals surface area (Å²) >= 11 is 0. The summed E-state index contributed by atoms with van der Waals surface area (Å²) in [6, 6.07) is 6.99. The van der Waals surface area contributed by atoms with Crippen LogP contribution in [0.3, 0.4) is 0 Å². The number of esters is 1. The van der Waals surface area contributed by atoms with Crippen LogP contribution in [0.1, 0.15) is 23.2 Å². The molecule has 1 aromatic rings. The minimum absolute atomic E-state index is 0.191. The van der Waals surface area contributed by atoms with E-state index in [1.807, 2.05) is 6.21 Å². The molecule has 0 amide bonds. The van der Waals surface area contributed by atoms with Crippen LogP contribution in [0.2, 0.25) is 0 Å². The van der Waals surface area contributed by atoms with E-state index in [-0.39, 0.29) is 12.1 Å². The van der Waals surface area contributed by atoms with Gasteiger partial charge in [-0.05, 0) is 24.3 Å². The number of ether oxygens (including phenoxy) is 2. The first-order chi connectivity index (χ1) is 8.29. The van der Waals surface area contributed by atoms with Crippen molar-refractivity contribution < 1.29 is 14.3 Å². The van der Waals surface area contributed by atoms with Crippen molar-refractivity contribution in [1.82, 2.24) is 0 Å². The van der Waals surface area contributed by atoms with Crippen molar-refractivity contribution in [2.75, 3.05) is 13.7 Å². The molecule has 0 aliphatic carbocycles. The molecule has 17 heavy (non-hydrogen) atoms. The third-order valence-electron chi connectivity index (χ3n) is 2.66. The third kappa shape index (κ3) is 3.06. The molecule has 4 nitrogen and oxygen atoms in total. The lowest BCUT2D eigenvalue weighted by Gasteiger charge is -2.19. The SMILES string of the molecule is COC(=O)c1ccc(OC2CC=NCC2)cc1. The standard InChI is InChI=1S/C13H15NO3/c1-16-13(15)10-2-4-11(5-3-10)17-12-6-8-14-9-7-12/h2-5,8,12H,6-7,9H2,1H3. The smallest absolute Gasteiger partial charge is 0.337 e. The Bertz CT molecular complexity index is 411. The number of hydrogen-bond acceptors (Lipinski definition) is 4. The molecule has 1 aliphatic rings. The Morgan fingerprint density at radius 1 is 1.35 bits per heavy atom. The minimum atomic E-state index is -0.332. The highest BCUT2D eigenvalue weighted by Crippen LogP contribution is 2.17. The van der Waals surface area contributed by atoms with Gasteiger partial charge in [-0.25, -0.2) is 4.79 Å². The van der Waals surface area contributed by atoms with Crippen molar-refractivity contribution >= 4 is 12.2 Å². The van der Waals surface area contributed by atoms with E-state index in [0.717, 1.165) is 25.1 Å². The van der Waals surface area contributed by atoms with Crippen LogP contribution in [-0.4, -0.2) is 31.9 Å². The summed E-state index contributed by atoms with van der Waals surface area (Å²) in [7, 11) is 1.37. The van der Waals surface area contributed by atoms with Gasteiger partial charge in [-0.15, -0.1) is 0 Å². The zero-order valence-electron chi connectivity index (χ0n) is 9.76. The second kappa shape index (κ2) is 5.48. The van der Waals surface area contributed by atoms with Crippen molar-refractivity contribution in [1.29, 1.82) is 0 Å². The van der Waals surface area contributed by atoms with E-state index in [9.17, 15) is 4.79 Å². The van der Waals surface area contributed by atoms with E-state index in [4.69, 9.17) is 4.74 Å². The quantitative estimate of drug-likeness (QED) is 0.751. The zero-order valence-corrected chi connectivity index (χ0v) is 9.76. The van der Waals surface area contributed by atoms with Crippen LogP contribution in [-0.2, 0) is 4.74 Å². The van der Waals surface area contributed by atoms with Gasteiger partial charge in [0.1, 0.15) is 11.9 Å². The lowest BCUT2D eigenvalue weighted by molar-refractivity contribution is 0.0600. The number of carbonyl (C=O) groups is 1. The molecule has 1 unspecified atom stereocenters. The number of nitrogens with zero attached hydrogens (tertiary/aromatic N) is 1. The first-order valence-corrected chi connectivity index (χ1v) is 5.63. The van der Waals surface area contributed by atoms with Crippen LogP contribution in [0.15, 0.2) is 29.3 Å². The molecule has 0 bridgehead atoms.